The van der Waals surface area contributed by atoms with Crippen molar-refractivity contribution in [2.45, 2.75) is 6.92 Å². The van der Waals surface area contributed by atoms with E-state index in [0.29, 0.717) is 11.4 Å². The molecule has 3 aromatic rings. The minimum absolute atomic E-state index is 0.194. The lowest BCUT2D eigenvalue weighted by Crippen LogP contribution is -2.13. The highest BCUT2D eigenvalue weighted by atomic mass is 32.1. The lowest BCUT2D eigenvalue weighted by molar-refractivity contribution is 0.102. The van der Waals surface area contributed by atoms with Gasteiger partial charge in [-0.1, -0.05) is 6.07 Å². The molecule has 1 aromatic carbocycles. The monoisotopic (exact) mass is 310 g/mol. The Morgan fingerprint density at radius 1 is 1.14 bits per heavy atom. The first kappa shape index (κ1) is 14.2. The summed E-state index contributed by atoms with van der Waals surface area (Å²) in [5.74, 6) is 0.351. The normalized spacial score (nSPS) is 10.2. The van der Waals surface area contributed by atoms with Crippen molar-refractivity contribution in [1.82, 2.24) is 9.97 Å². The van der Waals surface area contributed by atoms with E-state index in [4.69, 9.17) is 0 Å². The summed E-state index contributed by atoms with van der Waals surface area (Å²) in [4.78, 5) is 20.6. The molecule has 6 heteroatoms. The van der Waals surface area contributed by atoms with E-state index in [2.05, 4.69) is 20.6 Å². The highest BCUT2D eigenvalue weighted by Crippen LogP contribution is 2.20. The van der Waals surface area contributed by atoms with Crippen LogP contribution in [0, 0.1) is 6.92 Å². The summed E-state index contributed by atoms with van der Waals surface area (Å²) >= 11 is 1.50. The molecule has 0 saturated heterocycles. The number of aryl methyl sites for hydroxylation is 1. The molecule has 0 radical (unpaired) electrons. The summed E-state index contributed by atoms with van der Waals surface area (Å²) in [6.45, 7) is 1.95. The Hall–Kier alpha value is -2.73. The fourth-order valence-corrected chi connectivity index (χ4v) is 2.49. The topological polar surface area (TPSA) is 66.9 Å². The minimum atomic E-state index is -0.194. The molecule has 0 atom stereocenters. The van der Waals surface area contributed by atoms with E-state index in [1.807, 2.05) is 36.6 Å². The third-order valence-corrected chi connectivity index (χ3v) is 3.65. The van der Waals surface area contributed by atoms with Gasteiger partial charge in [0, 0.05) is 29.0 Å². The maximum absolute atomic E-state index is 12.3. The fourth-order valence-electron chi connectivity index (χ4n) is 1.94. The van der Waals surface area contributed by atoms with Crippen LogP contribution in [0.4, 0.5) is 16.6 Å². The number of nitrogens with zero attached hydrogens (tertiary/aromatic N) is 2. The van der Waals surface area contributed by atoms with Crippen molar-refractivity contribution in [3.05, 3.63) is 65.3 Å². The molecular formula is C16H14N4OS. The van der Waals surface area contributed by atoms with Gasteiger partial charge in [-0.25, -0.2) is 9.97 Å². The quantitative estimate of drug-likeness (QED) is 0.768. The van der Waals surface area contributed by atoms with Crippen LogP contribution in [0.2, 0.25) is 0 Å². The zero-order valence-corrected chi connectivity index (χ0v) is 12.7. The third-order valence-electron chi connectivity index (χ3n) is 2.97. The molecule has 22 heavy (non-hydrogen) atoms. The molecule has 0 saturated carbocycles. The average Bonchev–Trinajstić information content (AvgIpc) is 3.00. The number of amides is 1. The van der Waals surface area contributed by atoms with Gasteiger partial charge in [0.25, 0.3) is 5.91 Å². The largest absolute Gasteiger partial charge is 0.332 e. The highest BCUT2D eigenvalue weighted by molar-refractivity contribution is 7.13. The average molecular weight is 310 g/mol. The van der Waals surface area contributed by atoms with Gasteiger partial charge in [0.05, 0.1) is 0 Å². The minimum Gasteiger partial charge on any atom is -0.332 e. The molecule has 3 rings (SSSR count). The Morgan fingerprint density at radius 2 is 2.05 bits per heavy atom. The van der Waals surface area contributed by atoms with Gasteiger partial charge in [0.15, 0.2) is 5.13 Å². The first-order chi connectivity index (χ1) is 10.7. The number of benzene rings is 1. The lowest BCUT2D eigenvalue weighted by atomic mass is 10.2. The third kappa shape index (κ3) is 3.48. The van der Waals surface area contributed by atoms with E-state index < -0.39 is 0 Å². The summed E-state index contributed by atoms with van der Waals surface area (Å²) < 4.78 is 0. The first-order valence-corrected chi connectivity index (χ1v) is 7.59. The van der Waals surface area contributed by atoms with Crippen LogP contribution in [-0.2, 0) is 0 Å². The Kier molecular flexibility index (Phi) is 4.11. The summed E-state index contributed by atoms with van der Waals surface area (Å²) in [5.41, 5.74) is 2.43. The second kappa shape index (κ2) is 6.36. The van der Waals surface area contributed by atoms with Crippen LogP contribution in [-0.4, -0.2) is 15.9 Å². The number of pyridine rings is 1. The Labute approximate surface area is 132 Å². The number of hydrogen-bond donors (Lipinski definition) is 2. The van der Waals surface area contributed by atoms with Crippen LogP contribution in [0.15, 0.2) is 54.2 Å². The van der Waals surface area contributed by atoms with Gasteiger partial charge in [-0.05, 0) is 42.8 Å². The SMILES string of the molecule is Cc1ccnc(NC(=O)c2cccc(Nc3nccs3)c2)c1. The van der Waals surface area contributed by atoms with Crippen LogP contribution in [0.25, 0.3) is 0 Å². The Bertz CT molecular complexity index is 786. The molecule has 2 heterocycles. The number of carbonyl (C=O) groups is 1. The van der Waals surface area contributed by atoms with Crippen molar-refractivity contribution in [1.29, 1.82) is 0 Å². The molecule has 0 aliphatic carbocycles. The second-order valence-electron chi connectivity index (χ2n) is 4.72. The van der Waals surface area contributed by atoms with E-state index in [1.54, 1.807) is 24.5 Å². The van der Waals surface area contributed by atoms with Gasteiger partial charge in [-0.15, -0.1) is 11.3 Å². The first-order valence-electron chi connectivity index (χ1n) is 6.71. The Morgan fingerprint density at radius 3 is 2.82 bits per heavy atom. The number of hydrogen-bond acceptors (Lipinski definition) is 5. The van der Waals surface area contributed by atoms with Gasteiger partial charge >= 0.3 is 0 Å². The van der Waals surface area contributed by atoms with Crippen LogP contribution in [0.3, 0.4) is 0 Å². The molecule has 1 amide bonds. The predicted molar refractivity (Wildman–Crippen MR) is 88.8 cm³/mol. The summed E-state index contributed by atoms with van der Waals surface area (Å²) in [5, 5.41) is 8.64. The molecular weight excluding hydrogens is 296 g/mol. The van der Waals surface area contributed by atoms with Crippen molar-refractivity contribution >= 4 is 33.9 Å². The van der Waals surface area contributed by atoms with E-state index in [9.17, 15) is 4.79 Å². The summed E-state index contributed by atoms with van der Waals surface area (Å²) in [7, 11) is 0. The standard InChI is InChI=1S/C16H14N4OS/c1-11-5-6-17-14(9-11)20-15(21)12-3-2-4-13(10-12)19-16-18-7-8-22-16/h2-10H,1H3,(H,18,19)(H,17,20,21). The summed E-state index contributed by atoms with van der Waals surface area (Å²) in [6.07, 6.45) is 3.40. The van der Waals surface area contributed by atoms with Crippen molar-refractivity contribution in [3.63, 3.8) is 0 Å². The predicted octanol–water partition coefficient (Wildman–Crippen LogP) is 3.84. The zero-order chi connectivity index (χ0) is 15.4. The van der Waals surface area contributed by atoms with Crippen LogP contribution >= 0.6 is 11.3 Å². The van der Waals surface area contributed by atoms with Gasteiger partial charge < -0.3 is 10.6 Å². The van der Waals surface area contributed by atoms with Crippen LogP contribution in [0.5, 0.6) is 0 Å². The molecule has 0 aliphatic rings. The number of anilines is 3. The zero-order valence-electron chi connectivity index (χ0n) is 11.9. The molecule has 2 N–H and O–H groups in total. The fraction of sp³-hybridized carbons (Fsp3) is 0.0625. The molecule has 5 nitrogen and oxygen atoms in total. The maximum Gasteiger partial charge on any atom is 0.256 e. The smallest absolute Gasteiger partial charge is 0.256 e. The van der Waals surface area contributed by atoms with Gasteiger partial charge in [-0.2, -0.15) is 0 Å². The number of rotatable bonds is 4. The summed E-state index contributed by atoms with van der Waals surface area (Å²) in [6, 6.07) is 11.0. The number of nitrogens with one attached hydrogen (secondary N) is 2. The number of carbonyl (C=O) groups excluding carboxylic acids is 1. The highest BCUT2D eigenvalue weighted by Gasteiger charge is 2.08. The van der Waals surface area contributed by atoms with Crippen molar-refractivity contribution in [2.24, 2.45) is 0 Å². The maximum atomic E-state index is 12.3. The van der Waals surface area contributed by atoms with Crippen molar-refractivity contribution in [3.8, 4) is 0 Å². The molecule has 0 spiro atoms. The van der Waals surface area contributed by atoms with Gasteiger partial charge in [-0.3, -0.25) is 4.79 Å². The van der Waals surface area contributed by atoms with Crippen LogP contribution in [0.1, 0.15) is 15.9 Å². The van der Waals surface area contributed by atoms with E-state index >= 15 is 0 Å². The van der Waals surface area contributed by atoms with Crippen LogP contribution < -0.4 is 10.6 Å². The molecule has 2 aromatic heterocycles. The second-order valence-corrected chi connectivity index (χ2v) is 5.61. The lowest BCUT2D eigenvalue weighted by Gasteiger charge is -2.07. The van der Waals surface area contributed by atoms with Crippen molar-refractivity contribution < 1.29 is 4.79 Å². The van der Waals surface area contributed by atoms with Gasteiger partial charge in [0.1, 0.15) is 5.82 Å². The molecule has 0 bridgehead atoms. The molecule has 0 unspecified atom stereocenters. The van der Waals surface area contributed by atoms with E-state index in [1.165, 1.54) is 11.3 Å². The van der Waals surface area contributed by atoms with Gasteiger partial charge in [0.2, 0.25) is 0 Å². The number of aromatic nitrogens is 2. The Balaban J connectivity index is 1.75. The molecule has 0 fully saturated rings. The van der Waals surface area contributed by atoms with E-state index in [0.717, 1.165) is 16.4 Å². The van der Waals surface area contributed by atoms with E-state index in [-0.39, 0.29) is 5.91 Å². The van der Waals surface area contributed by atoms with Crippen molar-refractivity contribution in [2.75, 3.05) is 10.6 Å². The number of thiazole rings is 1. The molecule has 0 aliphatic heterocycles. The molecule has 110 valence electrons.